The Hall–Kier alpha value is -1.40. The lowest BCUT2D eigenvalue weighted by molar-refractivity contribution is -0.0505. The van der Waals surface area contributed by atoms with E-state index < -0.39 is 6.61 Å². The highest BCUT2D eigenvalue weighted by Gasteiger charge is 2.26. The van der Waals surface area contributed by atoms with Gasteiger partial charge in [-0.25, -0.2) is 0 Å². The molecule has 0 bridgehead atoms. The lowest BCUT2D eigenvalue weighted by atomic mass is 9.86. The molecule has 22 heavy (non-hydrogen) atoms. The molecule has 0 aromatic heterocycles. The molecule has 0 amide bonds. The second-order valence-electron chi connectivity index (χ2n) is 6.21. The minimum atomic E-state index is -2.78. The first kappa shape index (κ1) is 15.5. The van der Waals surface area contributed by atoms with Crippen LogP contribution in [0.15, 0.2) is 12.1 Å². The van der Waals surface area contributed by atoms with Crippen LogP contribution in [0, 0.1) is 0 Å². The maximum atomic E-state index is 12.6. The Bertz CT molecular complexity index is 530. The van der Waals surface area contributed by atoms with E-state index in [0.29, 0.717) is 12.2 Å². The molecule has 122 valence electrons. The topological polar surface area (TPSA) is 41.7 Å². The van der Waals surface area contributed by atoms with Gasteiger partial charge in [0, 0.05) is 37.9 Å². The molecule has 2 aliphatic rings. The number of hydrogen-bond donors (Lipinski definition) is 1. The van der Waals surface area contributed by atoms with Crippen molar-refractivity contribution in [3.63, 3.8) is 0 Å². The van der Waals surface area contributed by atoms with Crippen LogP contribution < -0.4 is 15.4 Å². The SMILES string of the molecule is CN1CCN(c2ccc(OC(F)F)c3c2CC(N)CC3)CC1. The summed E-state index contributed by atoms with van der Waals surface area (Å²) >= 11 is 0. The molecule has 3 rings (SSSR count). The molecule has 1 aliphatic carbocycles. The van der Waals surface area contributed by atoms with Crippen LogP contribution in [0.4, 0.5) is 14.5 Å². The van der Waals surface area contributed by atoms with Crippen molar-refractivity contribution in [3.05, 3.63) is 23.3 Å². The third-order valence-electron chi connectivity index (χ3n) is 4.65. The first-order valence-corrected chi connectivity index (χ1v) is 7.83. The van der Waals surface area contributed by atoms with E-state index in [1.54, 1.807) is 6.07 Å². The van der Waals surface area contributed by atoms with E-state index >= 15 is 0 Å². The summed E-state index contributed by atoms with van der Waals surface area (Å²) in [6.45, 7) is 1.14. The van der Waals surface area contributed by atoms with Gasteiger partial charge in [-0.3, -0.25) is 0 Å². The predicted octanol–water partition coefficient (Wildman–Crippen LogP) is 1.86. The molecule has 4 nitrogen and oxygen atoms in total. The molecule has 1 aromatic rings. The van der Waals surface area contributed by atoms with Gasteiger partial charge in [0.2, 0.25) is 0 Å². The Morgan fingerprint density at radius 1 is 1.18 bits per heavy atom. The van der Waals surface area contributed by atoms with Gasteiger partial charge in [-0.2, -0.15) is 8.78 Å². The summed E-state index contributed by atoms with van der Waals surface area (Å²) in [5, 5.41) is 0. The lowest BCUT2D eigenvalue weighted by Crippen LogP contribution is -2.45. The number of nitrogens with two attached hydrogens (primary N) is 1. The normalized spacial score (nSPS) is 22.8. The number of likely N-dealkylation sites (N-methyl/N-ethyl adjacent to an activating group) is 1. The number of piperazine rings is 1. The average Bonchev–Trinajstić information content (AvgIpc) is 2.48. The molecule has 1 fully saturated rings. The van der Waals surface area contributed by atoms with Crippen LogP contribution in [-0.2, 0) is 12.8 Å². The first-order chi connectivity index (χ1) is 10.5. The largest absolute Gasteiger partial charge is 0.435 e. The highest BCUT2D eigenvalue weighted by molar-refractivity contribution is 5.62. The molecule has 0 spiro atoms. The van der Waals surface area contributed by atoms with Crippen LogP contribution in [0.2, 0.25) is 0 Å². The van der Waals surface area contributed by atoms with Gasteiger partial charge in [-0.15, -0.1) is 0 Å². The molecule has 1 aliphatic heterocycles. The molecule has 1 heterocycles. The van der Waals surface area contributed by atoms with Crippen LogP contribution in [0.1, 0.15) is 17.5 Å². The standard InChI is InChI=1S/C16H23F2N3O/c1-20-6-8-21(9-7-20)14-4-5-15(22-16(17)18)12-3-2-11(19)10-13(12)14/h4-5,11,16H,2-3,6-10,19H2,1H3. The van der Waals surface area contributed by atoms with Crippen LogP contribution in [0.25, 0.3) is 0 Å². The van der Waals surface area contributed by atoms with Crippen LogP contribution >= 0.6 is 0 Å². The van der Waals surface area contributed by atoms with Crippen molar-refractivity contribution in [2.24, 2.45) is 5.73 Å². The number of anilines is 1. The number of halogens is 2. The maximum absolute atomic E-state index is 12.6. The smallest absolute Gasteiger partial charge is 0.387 e. The van der Waals surface area contributed by atoms with Crippen LogP contribution in [0.3, 0.4) is 0 Å². The number of benzene rings is 1. The molecule has 0 radical (unpaired) electrons. The molecule has 1 unspecified atom stereocenters. The summed E-state index contributed by atoms with van der Waals surface area (Å²) in [5.74, 6) is 0.315. The number of alkyl halides is 2. The van der Waals surface area contributed by atoms with Crippen molar-refractivity contribution in [2.45, 2.75) is 31.9 Å². The van der Waals surface area contributed by atoms with Gasteiger partial charge < -0.3 is 20.3 Å². The second kappa shape index (κ2) is 6.38. The van der Waals surface area contributed by atoms with Gasteiger partial charge >= 0.3 is 6.61 Å². The van der Waals surface area contributed by atoms with E-state index in [4.69, 9.17) is 10.5 Å². The van der Waals surface area contributed by atoms with E-state index in [-0.39, 0.29) is 6.04 Å². The fourth-order valence-electron chi connectivity index (χ4n) is 3.40. The number of rotatable bonds is 3. The van der Waals surface area contributed by atoms with Crippen molar-refractivity contribution in [2.75, 3.05) is 38.1 Å². The van der Waals surface area contributed by atoms with Crippen molar-refractivity contribution < 1.29 is 13.5 Å². The van der Waals surface area contributed by atoms with E-state index in [2.05, 4.69) is 16.8 Å². The summed E-state index contributed by atoms with van der Waals surface area (Å²) in [4.78, 5) is 4.63. The summed E-state index contributed by atoms with van der Waals surface area (Å²) < 4.78 is 29.9. The summed E-state index contributed by atoms with van der Waals surface area (Å²) in [7, 11) is 2.11. The van der Waals surface area contributed by atoms with Crippen LogP contribution in [0.5, 0.6) is 5.75 Å². The Balaban J connectivity index is 1.93. The van der Waals surface area contributed by atoms with Gasteiger partial charge in [0.15, 0.2) is 0 Å². The summed E-state index contributed by atoms with van der Waals surface area (Å²) in [6.07, 6.45) is 2.26. The van der Waals surface area contributed by atoms with Gasteiger partial charge in [0.25, 0.3) is 0 Å². The number of ether oxygens (including phenoxy) is 1. The number of nitrogens with zero attached hydrogens (tertiary/aromatic N) is 2. The summed E-state index contributed by atoms with van der Waals surface area (Å²) in [5.41, 5.74) is 9.26. The zero-order valence-electron chi connectivity index (χ0n) is 12.9. The molecule has 2 N–H and O–H groups in total. The van der Waals surface area contributed by atoms with Gasteiger partial charge in [0.05, 0.1) is 0 Å². The molecular formula is C16H23F2N3O. The third-order valence-corrected chi connectivity index (χ3v) is 4.65. The van der Waals surface area contributed by atoms with Crippen molar-refractivity contribution >= 4 is 5.69 Å². The Labute approximate surface area is 129 Å². The predicted molar refractivity (Wildman–Crippen MR) is 82.8 cm³/mol. The average molecular weight is 311 g/mol. The Morgan fingerprint density at radius 3 is 2.59 bits per heavy atom. The molecular weight excluding hydrogens is 288 g/mol. The number of hydrogen-bond acceptors (Lipinski definition) is 4. The fourth-order valence-corrected chi connectivity index (χ4v) is 3.40. The molecule has 1 saturated heterocycles. The second-order valence-corrected chi connectivity index (χ2v) is 6.21. The molecule has 0 saturated carbocycles. The summed E-state index contributed by atoms with van der Waals surface area (Å²) in [6, 6.07) is 3.70. The van der Waals surface area contributed by atoms with E-state index in [1.807, 2.05) is 6.07 Å². The monoisotopic (exact) mass is 311 g/mol. The van der Waals surface area contributed by atoms with Gasteiger partial charge in [0.1, 0.15) is 5.75 Å². The zero-order valence-corrected chi connectivity index (χ0v) is 12.9. The van der Waals surface area contributed by atoms with Gasteiger partial charge in [-0.05, 0) is 49.6 Å². The van der Waals surface area contributed by atoms with Crippen molar-refractivity contribution in [1.82, 2.24) is 4.90 Å². The molecule has 1 aromatic carbocycles. The number of fused-ring (bicyclic) bond motifs is 1. The highest BCUT2D eigenvalue weighted by atomic mass is 19.3. The minimum absolute atomic E-state index is 0.0977. The zero-order chi connectivity index (χ0) is 15.7. The fraction of sp³-hybridized carbons (Fsp3) is 0.625. The highest BCUT2D eigenvalue weighted by Crippen LogP contribution is 2.37. The van der Waals surface area contributed by atoms with Crippen molar-refractivity contribution in [1.29, 1.82) is 0 Å². The lowest BCUT2D eigenvalue weighted by Gasteiger charge is -2.37. The van der Waals surface area contributed by atoms with Gasteiger partial charge in [-0.1, -0.05) is 0 Å². The quantitative estimate of drug-likeness (QED) is 0.925. The Morgan fingerprint density at radius 2 is 1.91 bits per heavy atom. The van der Waals surface area contributed by atoms with E-state index in [9.17, 15) is 8.78 Å². The minimum Gasteiger partial charge on any atom is -0.435 e. The maximum Gasteiger partial charge on any atom is 0.387 e. The van der Waals surface area contributed by atoms with E-state index in [1.165, 1.54) is 0 Å². The first-order valence-electron chi connectivity index (χ1n) is 7.83. The Kier molecular flexibility index (Phi) is 4.49. The molecule has 1 atom stereocenters. The molecule has 6 heteroatoms. The third kappa shape index (κ3) is 3.17. The van der Waals surface area contributed by atoms with Crippen molar-refractivity contribution in [3.8, 4) is 5.75 Å². The van der Waals surface area contributed by atoms with E-state index in [0.717, 1.165) is 55.8 Å². The van der Waals surface area contributed by atoms with Crippen LogP contribution in [-0.4, -0.2) is 50.8 Å².